The summed E-state index contributed by atoms with van der Waals surface area (Å²) in [6, 6.07) is 14.3. The van der Waals surface area contributed by atoms with Gasteiger partial charge in [-0.25, -0.2) is 4.98 Å². The SMILES string of the molecule is CCn1c(SCC(=O)c2cccc(OC)c2)nc2ccccc2c1=O. The lowest BCUT2D eigenvalue weighted by atomic mass is 10.1. The third kappa shape index (κ3) is 3.58. The van der Waals surface area contributed by atoms with E-state index in [0.717, 1.165) is 0 Å². The lowest BCUT2D eigenvalue weighted by Gasteiger charge is -2.11. The molecule has 0 saturated heterocycles. The van der Waals surface area contributed by atoms with Crippen LogP contribution in [0, 0.1) is 0 Å². The molecule has 2 aromatic carbocycles. The molecule has 1 heterocycles. The molecule has 3 aromatic rings. The average molecular weight is 354 g/mol. The van der Waals surface area contributed by atoms with Crippen LogP contribution in [0.3, 0.4) is 0 Å². The van der Waals surface area contributed by atoms with Crippen molar-refractivity contribution in [1.82, 2.24) is 9.55 Å². The second-order valence-corrected chi connectivity index (χ2v) is 6.35. The fraction of sp³-hybridized carbons (Fsp3) is 0.211. The molecule has 0 aliphatic rings. The van der Waals surface area contributed by atoms with E-state index in [1.165, 1.54) is 11.8 Å². The Bertz CT molecular complexity index is 982. The number of methoxy groups -OCH3 is 1. The number of para-hydroxylation sites is 1. The molecule has 1 aromatic heterocycles. The molecule has 5 nitrogen and oxygen atoms in total. The van der Waals surface area contributed by atoms with Crippen molar-refractivity contribution in [3.8, 4) is 5.75 Å². The average Bonchev–Trinajstić information content (AvgIpc) is 2.66. The molecule has 0 aliphatic heterocycles. The molecule has 0 fully saturated rings. The molecule has 6 heteroatoms. The van der Waals surface area contributed by atoms with Gasteiger partial charge in [0.15, 0.2) is 10.9 Å². The van der Waals surface area contributed by atoms with Crippen molar-refractivity contribution in [3.05, 3.63) is 64.4 Å². The standard InChI is InChI=1S/C19H18N2O3S/c1-3-21-18(23)15-9-4-5-10-16(15)20-19(21)25-12-17(22)13-7-6-8-14(11-13)24-2/h4-11H,3,12H2,1-2H3. The fourth-order valence-corrected chi connectivity index (χ4v) is 3.50. The number of thioether (sulfide) groups is 1. The van der Waals surface area contributed by atoms with Crippen LogP contribution in [0.25, 0.3) is 10.9 Å². The van der Waals surface area contributed by atoms with E-state index in [4.69, 9.17) is 4.74 Å². The molecule has 128 valence electrons. The van der Waals surface area contributed by atoms with E-state index in [0.29, 0.717) is 33.9 Å². The van der Waals surface area contributed by atoms with Gasteiger partial charge in [0.25, 0.3) is 5.56 Å². The number of carbonyl (C=O) groups excluding carboxylic acids is 1. The van der Waals surface area contributed by atoms with Crippen molar-refractivity contribution in [1.29, 1.82) is 0 Å². The first-order chi connectivity index (χ1) is 12.1. The van der Waals surface area contributed by atoms with Crippen LogP contribution in [-0.4, -0.2) is 28.2 Å². The van der Waals surface area contributed by atoms with E-state index in [-0.39, 0.29) is 17.1 Å². The minimum absolute atomic E-state index is 0.0334. The van der Waals surface area contributed by atoms with E-state index in [1.807, 2.05) is 25.1 Å². The number of fused-ring (bicyclic) bond motifs is 1. The zero-order chi connectivity index (χ0) is 17.8. The summed E-state index contributed by atoms with van der Waals surface area (Å²) < 4.78 is 6.75. The van der Waals surface area contributed by atoms with Crippen molar-refractivity contribution in [2.24, 2.45) is 0 Å². The van der Waals surface area contributed by atoms with E-state index < -0.39 is 0 Å². The Balaban J connectivity index is 1.87. The Morgan fingerprint density at radius 2 is 2.00 bits per heavy atom. The van der Waals surface area contributed by atoms with Crippen LogP contribution >= 0.6 is 11.8 Å². The Morgan fingerprint density at radius 1 is 1.20 bits per heavy atom. The third-order valence-electron chi connectivity index (χ3n) is 3.87. The van der Waals surface area contributed by atoms with Crippen molar-refractivity contribution in [3.63, 3.8) is 0 Å². The van der Waals surface area contributed by atoms with Crippen molar-refractivity contribution in [2.45, 2.75) is 18.6 Å². The molecule has 0 bridgehead atoms. The molecule has 0 spiro atoms. The zero-order valence-electron chi connectivity index (χ0n) is 14.1. The zero-order valence-corrected chi connectivity index (χ0v) is 14.9. The highest BCUT2D eigenvalue weighted by molar-refractivity contribution is 7.99. The number of carbonyl (C=O) groups is 1. The van der Waals surface area contributed by atoms with E-state index >= 15 is 0 Å². The topological polar surface area (TPSA) is 61.2 Å². The first kappa shape index (κ1) is 17.2. The van der Waals surface area contributed by atoms with Gasteiger partial charge in [0.05, 0.1) is 23.8 Å². The quantitative estimate of drug-likeness (QED) is 0.386. The normalized spacial score (nSPS) is 10.8. The van der Waals surface area contributed by atoms with E-state index in [2.05, 4.69) is 4.98 Å². The number of rotatable bonds is 6. The van der Waals surface area contributed by atoms with Crippen LogP contribution in [0.15, 0.2) is 58.5 Å². The van der Waals surface area contributed by atoms with Gasteiger partial charge < -0.3 is 4.74 Å². The predicted molar refractivity (Wildman–Crippen MR) is 99.7 cm³/mol. The number of benzene rings is 2. The van der Waals surface area contributed by atoms with Gasteiger partial charge in [-0.2, -0.15) is 0 Å². The smallest absolute Gasteiger partial charge is 0.262 e. The van der Waals surface area contributed by atoms with Crippen LogP contribution in [0.5, 0.6) is 5.75 Å². The molecule has 3 rings (SSSR count). The van der Waals surface area contributed by atoms with Crippen LogP contribution in [0.4, 0.5) is 0 Å². The number of ketones is 1. The lowest BCUT2D eigenvalue weighted by Crippen LogP contribution is -2.22. The maximum atomic E-state index is 12.6. The van der Waals surface area contributed by atoms with Crippen LogP contribution in [-0.2, 0) is 6.54 Å². The summed E-state index contributed by atoms with van der Waals surface area (Å²) in [4.78, 5) is 29.6. The maximum absolute atomic E-state index is 12.6. The summed E-state index contributed by atoms with van der Waals surface area (Å²) in [7, 11) is 1.57. The summed E-state index contributed by atoms with van der Waals surface area (Å²) in [6.45, 7) is 2.40. The third-order valence-corrected chi connectivity index (χ3v) is 4.84. The number of ether oxygens (including phenoxy) is 1. The van der Waals surface area contributed by atoms with E-state index in [1.54, 1.807) is 42.0 Å². The van der Waals surface area contributed by atoms with Gasteiger partial charge >= 0.3 is 0 Å². The molecule has 0 amide bonds. The van der Waals surface area contributed by atoms with Gasteiger partial charge in [-0.15, -0.1) is 0 Å². The number of hydrogen-bond acceptors (Lipinski definition) is 5. The number of nitrogens with zero attached hydrogens (tertiary/aromatic N) is 2. The summed E-state index contributed by atoms with van der Waals surface area (Å²) in [6.07, 6.45) is 0. The minimum Gasteiger partial charge on any atom is -0.497 e. The van der Waals surface area contributed by atoms with Gasteiger partial charge in [0.1, 0.15) is 5.75 Å². The number of aromatic nitrogens is 2. The first-order valence-electron chi connectivity index (χ1n) is 7.93. The summed E-state index contributed by atoms with van der Waals surface area (Å²) in [5, 5.41) is 1.15. The number of Topliss-reactive ketones (excluding diaryl/α,β-unsaturated/α-hetero) is 1. The number of hydrogen-bond donors (Lipinski definition) is 0. The van der Waals surface area contributed by atoms with Crippen LogP contribution < -0.4 is 10.3 Å². The molecule has 0 radical (unpaired) electrons. The molecule has 0 saturated carbocycles. The summed E-state index contributed by atoms with van der Waals surface area (Å²) in [5.74, 6) is 0.817. The first-order valence-corrected chi connectivity index (χ1v) is 8.92. The second kappa shape index (κ2) is 7.53. The van der Waals surface area contributed by atoms with E-state index in [9.17, 15) is 9.59 Å². The lowest BCUT2D eigenvalue weighted by molar-refractivity contribution is 0.102. The molecule has 25 heavy (non-hydrogen) atoms. The monoisotopic (exact) mass is 354 g/mol. The van der Waals surface area contributed by atoms with Gasteiger partial charge in [0.2, 0.25) is 0 Å². The Kier molecular flexibility index (Phi) is 5.19. The molecule has 0 unspecified atom stereocenters. The minimum atomic E-state index is -0.0792. The molecular formula is C19H18N2O3S. The van der Waals surface area contributed by atoms with Crippen LogP contribution in [0.1, 0.15) is 17.3 Å². The predicted octanol–water partition coefficient (Wildman–Crippen LogP) is 3.40. The highest BCUT2D eigenvalue weighted by Crippen LogP contribution is 2.20. The Labute approximate surface area is 149 Å². The Hall–Kier alpha value is -2.60. The van der Waals surface area contributed by atoms with Gasteiger partial charge in [0, 0.05) is 12.1 Å². The molecular weight excluding hydrogens is 336 g/mol. The van der Waals surface area contributed by atoms with Gasteiger partial charge in [-0.3, -0.25) is 14.2 Å². The molecule has 0 N–H and O–H groups in total. The van der Waals surface area contributed by atoms with Crippen molar-refractivity contribution < 1.29 is 9.53 Å². The molecule has 0 atom stereocenters. The highest BCUT2D eigenvalue weighted by atomic mass is 32.2. The second-order valence-electron chi connectivity index (χ2n) is 5.40. The summed E-state index contributed by atoms with van der Waals surface area (Å²) >= 11 is 1.28. The Morgan fingerprint density at radius 3 is 2.76 bits per heavy atom. The van der Waals surface area contributed by atoms with Gasteiger partial charge in [-0.1, -0.05) is 36.0 Å². The fourth-order valence-electron chi connectivity index (χ4n) is 2.55. The van der Waals surface area contributed by atoms with Crippen molar-refractivity contribution in [2.75, 3.05) is 12.9 Å². The highest BCUT2D eigenvalue weighted by Gasteiger charge is 2.13. The summed E-state index contributed by atoms with van der Waals surface area (Å²) in [5.41, 5.74) is 1.15. The van der Waals surface area contributed by atoms with Crippen LogP contribution in [0.2, 0.25) is 0 Å². The molecule has 0 aliphatic carbocycles. The van der Waals surface area contributed by atoms with Crippen molar-refractivity contribution >= 4 is 28.4 Å². The largest absolute Gasteiger partial charge is 0.497 e. The van der Waals surface area contributed by atoms with Gasteiger partial charge in [-0.05, 0) is 31.2 Å². The maximum Gasteiger partial charge on any atom is 0.262 e.